The minimum Gasteiger partial charge on any atom is -0.283 e. The molecule has 0 amide bonds. The SMILES string of the molecule is Cc1c(N=c2scc(-c3ccc(Br)cc3)n2N=C2CCCC2)c(=O)n(-c2ccccc2)n1C. The van der Waals surface area contributed by atoms with E-state index in [1.165, 1.54) is 29.9 Å². The first-order chi connectivity index (χ1) is 16.0. The quantitative estimate of drug-likeness (QED) is 0.335. The van der Waals surface area contributed by atoms with Crippen LogP contribution in [0.25, 0.3) is 16.9 Å². The maximum atomic E-state index is 13.4. The first-order valence-corrected chi connectivity index (χ1v) is 12.6. The summed E-state index contributed by atoms with van der Waals surface area (Å²) in [5.41, 5.74) is 5.13. The third-order valence-electron chi connectivity index (χ3n) is 5.98. The highest BCUT2D eigenvalue weighted by molar-refractivity contribution is 9.10. The van der Waals surface area contributed by atoms with Crippen molar-refractivity contribution in [2.45, 2.75) is 32.6 Å². The molecule has 1 saturated carbocycles. The maximum Gasteiger partial charge on any atom is 0.297 e. The molecular formula is C25H24BrN5OS. The van der Waals surface area contributed by atoms with Crippen LogP contribution in [0, 0.1) is 6.92 Å². The number of benzene rings is 2. The van der Waals surface area contributed by atoms with Crippen molar-refractivity contribution >= 4 is 38.7 Å². The van der Waals surface area contributed by atoms with Crippen LogP contribution in [0.1, 0.15) is 31.4 Å². The molecule has 1 fully saturated rings. The molecule has 4 aromatic rings. The smallest absolute Gasteiger partial charge is 0.283 e. The van der Waals surface area contributed by atoms with E-state index in [9.17, 15) is 4.79 Å². The van der Waals surface area contributed by atoms with Crippen molar-refractivity contribution in [3.63, 3.8) is 0 Å². The summed E-state index contributed by atoms with van der Waals surface area (Å²) >= 11 is 5.01. The molecule has 2 aromatic carbocycles. The molecule has 6 nitrogen and oxygen atoms in total. The Labute approximate surface area is 204 Å². The van der Waals surface area contributed by atoms with Gasteiger partial charge in [-0.05, 0) is 56.9 Å². The molecule has 0 saturated heterocycles. The molecule has 0 atom stereocenters. The Morgan fingerprint density at radius 2 is 1.70 bits per heavy atom. The number of thiazole rings is 1. The molecule has 33 heavy (non-hydrogen) atoms. The van der Waals surface area contributed by atoms with Gasteiger partial charge in [0.05, 0.1) is 17.1 Å². The zero-order valence-electron chi connectivity index (χ0n) is 18.5. The highest BCUT2D eigenvalue weighted by Gasteiger charge is 2.17. The minimum atomic E-state index is -0.139. The highest BCUT2D eigenvalue weighted by Crippen LogP contribution is 2.25. The second-order valence-corrected chi connectivity index (χ2v) is 9.87. The van der Waals surface area contributed by atoms with Crippen molar-refractivity contribution in [3.8, 4) is 16.9 Å². The monoisotopic (exact) mass is 521 g/mol. The van der Waals surface area contributed by atoms with Crippen molar-refractivity contribution < 1.29 is 0 Å². The second kappa shape index (κ2) is 9.11. The molecule has 0 bridgehead atoms. The van der Waals surface area contributed by atoms with Gasteiger partial charge in [0.25, 0.3) is 5.56 Å². The van der Waals surface area contributed by atoms with E-state index >= 15 is 0 Å². The Morgan fingerprint density at radius 3 is 2.39 bits per heavy atom. The van der Waals surface area contributed by atoms with Crippen molar-refractivity contribution in [2.24, 2.45) is 17.1 Å². The Morgan fingerprint density at radius 1 is 1.00 bits per heavy atom. The van der Waals surface area contributed by atoms with E-state index < -0.39 is 0 Å². The average molecular weight is 522 g/mol. The summed E-state index contributed by atoms with van der Waals surface area (Å²) in [7, 11) is 1.89. The van der Waals surface area contributed by atoms with Crippen molar-refractivity contribution in [2.75, 3.05) is 0 Å². The first kappa shape index (κ1) is 21.9. The largest absolute Gasteiger partial charge is 0.297 e. The molecule has 2 aromatic heterocycles. The van der Waals surface area contributed by atoms with E-state index in [0.29, 0.717) is 10.5 Å². The van der Waals surface area contributed by atoms with Crippen LogP contribution in [0.3, 0.4) is 0 Å². The van der Waals surface area contributed by atoms with Gasteiger partial charge in [-0.1, -0.05) is 46.3 Å². The second-order valence-electron chi connectivity index (χ2n) is 8.12. The van der Waals surface area contributed by atoms with E-state index in [-0.39, 0.29) is 5.56 Å². The van der Waals surface area contributed by atoms with Crippen LogP contribution in [0.2, 0.25) is 0 Å². The fourth-order valence-electron chi connectivity index (χ4n) is 4.10. The third kappa shape index (κ3) is 4.20. The normalized spacial score (nSPS) is 14.3. The zero-order chi connectivity index (χ0) is 22.9. The molecule has 1 aliphatic carbocycles. The number of nitrogens with zero attached hydrogens (tertiary/aromatic N) is 5. The van der Waals surface area contributed by atoms with Crippen LogP contribution >= 0.6 is 27.3 Å². The predicted molar refractivity (Wildman–Crippen MR) is 138 cm³/mol. The van der Waals surface area contributed by atoms with Gasteiger partial charge in [-0.3, -0.25) is 9.48 Å². The first-order valence-electron chi connectivity index (χ1n) is 10.9. The van der Waals surface area contributed by atoms with E-state index in [0.717, 1.165) is 40.0 Å². The lowest BCUT2D eigenvalue weighted by Crippen LogP contribution is -2.20. The summed E-state index contributed by atoms with van der Waals surface area (Å²) in [6.45, 7) is 1.93. The van der Waals surface area contributed by atoms with Gasteiger partial charge in [0, 0.05) is 28.2 Å². The van der Waals surface area contributed by atoms with Crippen LogP contribution in [0.5, 0.6) is 0 Å². The number of halogens is 1. The van der Waals surface area contributed by atoms with E-state index in [2.05, 4.69) is 33.4 Å². The zero-order valence-corrected chi connectivity index (χ0v) is 20.9. The van der Waals surface area contributed by atoms with Gasteiger partial charge in [0.1, 0.15) is 0 Å². The fraction of sp³-hybridized carbons (Fsp3) is 0.240. The topological polar surface area (TPSA) is 56.6 Å². The lowest BCUT2D eigenvalue weighted by molar-refractivity contribution is 0.630. The maximum absolute atomic E-state index is 13.4. The number of para-hydroxylation sites is 1. The van der Waals surface area contributed by atoms with Crippen molar-refractivity contribution in [3.05, 3.63) is 85.3 Å². The number of aromatic nitrogens is 3. The standard InChI is InChI=1S/C25H24BrN5OS/c1-17-23(24(32)31(29(17)2)21-10-4-3-5-11-21)27-25-30(28-20-8-6-7-9-20)22(16-33-25)18-12-14-19(26)15-13-18/h3-5,10-16H,6-9H2,1-2H3. The van der Waals surface area contributed by atoms with Crippen LogP contribution in [0.4, 0.5) is 5.69 Å². The molecule has 0 radical (unpaired) electrons. The molecular weight excluding hydrogens is 498 g/mol. The molecule has 0 unspecified atom stereocenters. The average Bonchev–Trinajstić information content (AvgIpc) is 3.53. The fourth-order valence-corrected chi connectivity index (χ4v) is 5.20. The Bertz CT molecular complexity index is 1450. The summed E-state index contributed by atoms with van der Waals surface area (Å²) < 4.78 is 6.45. The molecule has 0 N–H and O–H groups in total. The Hall–Kier alpha value is -2.97. The summed E-state index contributed by atoms with van der Waals surface area (Å²) in [6.07, 6.45) is 4.35. The predicted octanol–water partition coefficient (Wildman–Crippen LogP) is 5.79. The van der Waals surface area contributed by atoms with Gasteiger partial charge >= 0.3 is 0 Å². The summed E-state index contributed by atoms with van der Waals surface area (Å²) in [5, 5.41) is 7.05. The third-order valence-corrected chi connectivity index (χ3v) is 7.32. The minimum absolute atomic E-state index is 0.139. The molecule has 0 aliphatic heterocycles. The molecule has 168 valence electrons. The molecule has 5 rings (SSSR count). The summed E-state index contributed by atoms with van der Waals surface area (Å²) in [5.74, 6) is 0. The van der Waals surface area contributed by atoms with Crippen LogP contribution < -0.4 is 10.4 Å². The van der Waals surface area contributed by atoms with Gasteiger partial charge in [-0.15, -0.1) is 11.3 Å². The van der Waals surface area contributed by atoms with Gasteiger partial charge in [0.15, 0.2) is 5.69 Å². The van der Waals surface area contributed by atoms with E-state index in [1.807, 2.05) is 65.8 Å². The van der Waals surface area contributed by atoms with Gasteiger partial charge < -0.3 is 0 Å². The number of hydrogen-bond acceptors (Lipinski definition) is 4. The van der Waals surface area contributed by atoms with E-state index in [1.54, 1.807) is 4.68 Å². The lowest BCUT2D eigenvalue weighted by atomic mass is 10.2. The Balaban J connectivity index is 1.70. The molecule has 0 spiro atoms. The Kier molecular flexibility index (Phi) is 6.03. The molecule has 2 heterocycles. The van der Waals surface area contributed by atoms with E-state index in [4.69, 9.17) is 10.1 Å². The van der Waals surface area contributed by atoms with Crippen molar-refractivity contribution in [1.29, 1.82) is 0 Å². The molecule has 8 heteroatoms. The highest BCUT2D eigenvalue weighted by atomic mass is 79.9. The number of hydrogen-bond donors (Lipinski definition) is 0. The lowest BCUT2D eigenvalue weighted by Gasteiger charge is -2.07. The summed E-state index contributed by atoms with van der Waals surface area (Å²) in [6, 6.07) is 17.8. The summed E-state index contributed by atoms with van der Waals surface area (Å²) in [4.78, 5) is 18.9. The van der Waals surface area contributed by atoms with Crippen LogP contribution in [-0.4, -0.2) is 19.8 Å². The van der Waals surface area contributed by atoms with Crippen LogP contribution in [-0.2, 0) is 7.05 Å². The number of rotatable bonds is 4. The van der Waals surface area contributed by atoms with Gasteiger partial charge in [0.2, 0.25) is 4.80 Å². The van der Waals surface area contributed by atoms with Gasteiger partial charge in [-0.25, -0.2) is 14.4 Å². The molecule has 1 aliphatic rings. The van der Waals surface area contributed by atoms with Gasteiger partial charge in [-0.2, -0.15) is 5.10 Å². The van der Waals surface area contributed by atoms with Crippen LogP contribution in [0.15, 0.2) is 79.3 Å². The van der Waals surface area contributed by atoms with Crippen molar-refractivity contribution in [1.82, 2.24) is 14.0 Å².